The molecule has 0 atom stereocenters. The monoisotopic (exact) mass is 497 g/mol. The maximum absolute atomic E-state index is 13.2. The fourth-order valence-electron chi connectivity index (χ4n) is 4.01. The predicted molar refractivity (Wildman–Crippen MR) is 136 cm³/mol. The third kappa shape index (κ3) is 5.97. The lowest BCUT2D eigenvalue weighted by molar-refractivity contribution is 0.0761. The Morgan fingerprint density at radius 2 is 1.71 bits per heavy atom. The van der Waals surface area contributed by atoms with Crippen molar-refractivity contribution in [3.05, 3.63) is 94.5 Å². The third-order valence-electron chi connectivity index (χ3n) is 5.91. The van der Waals surface area contributed by atoms with Crippen LogP contribution in [0.5, 0.6) is 0 Å². The van der Waals surface area contributed by atoms with Crippen molar-refractivity contribution < 1.29 is 13.2 Å². The van der Waals surface area contributed by atoms with Gasteiger partial charge in [0.05, 0.1) is 15.6 Å². The van der Waals surface area contributed by atoms with Gasteiger partial charge in [-0.05, 0) is 49.2 Å². The molecule has 4 rings (SSSR count). The number of hydrogen-bond acceptors (Lipinski definition) is 4. The molecule has 34 heavy (non-hydrogen) atoms. The van der Waals surface area contributed by atoms with Gasteiger partial charge in [-0.1, -0.05) is 59.6 Å². The van der Waals surface area contributed by atoms with Gasteiger partial charge in [0.2, 0.25) is 0 Å². The summed E-state index contributed by atoms with van der Waals surface area (Å²) in [6, 6.07) is 21.3. The summed E-state index contributed by atoms with van der Waals surface area (Å²) in [6.45, 7) is 5.84. The van der Waals surface area contributed by atoms with Crippen molar-refractivity contribution in [2.45, 2.75) is 24.8 Å². The van der Waals surface area contributed by atoms with E-state index in [0.29, 0.717) is 29.4 Å². The standard InChI is InChI=1S/C26H28ClN3O3S/c1-20-10-12-21(13-11-20)19-29-14-5-15-30(17-16-29)26(31)22-6-4-7-23(18-22)34(32,33)28-25-9-3-2-8-24(25)27/h2-4,6-13,18,28H,5,14-17,19H2,1H3. The summed E-state index contributed by atoms with van der Waals surface area (Å²) < 4.78 is 28.3. The normalized spacial score (nSPS) is 15.1. The molecule has 0 bridgehead atoms. The molecule has 0 unspecified atom stereocenters. The SMILES string of the molecule is Cc1ccc(CN2CCCN(C(=O)c3cccc(S(=O)(=O)Nc4ccccc4Cl)c3)CC2)cc1. The smallest absolute Gasteiger partial charge is 0.261 e. The Balaban J connectivity index is 1.43. The molecule has 1 amide bonds. The van der Waals surface area contributed by atoms with Crippen LogP contribution in [-0.4, -0.2) is 50.3 Å². The molecule has 1 heterocycles. The van der Waals surface area contributed by atoms with Gasteiger partial charge in [-0.25, -0.2) is 8.42 Å². The topological polar surface area (TPSA) is 69.7 Å². The Morgan fingerprint density at radius 3 is 2.47 bits per heavy atom. The highest BCUT2D eigenvalue weighted by atomic mass is 35.5. The van der Waals surface area contributed by atoms with Crippen LogP contribution in [0.1, 0.15) is 27.9 Å². The molecule has 0 spiro atoms. The number of nitrogens with zero attached hydrogens (tertiary/aromatic N) is 2. The molecule has 0 radical (unpaired) electrons. The van der Waals surface area contributed by atoms with E-state index in [-0.39, 0.29) is 10.8 Å². The van der Waals surface area contributed by atoms with Gasteiger partial charge in [0.25, 0.3) is 15.9 Å². The molecule has 6 nitrogen and oxygen atoms in total. The van der Waals surface area contributed by atoms with E-state index in [2.05, 4.69) is 40.8 Å². The number of para-hydroxylation sites is 1. The first kappa shape index (κ1) is 24.3. The number of aryl methyl sites for hydroxylation is 1. The maximum atomic E-state index is 13.2. The number of anilines is 1. The Bertz CT molecular complexity index is 1260. The van der Waals surface area contributed by atoms with Gasteiger partial charge in [-0.15, -0.1) is 0 Å². The second kappa shape index (κ2) is 10.6. The van der Waals surface area contributed by atoms with E-state index in [9.17, 15) is 13.2 Å². The molecule has 1 N–H and O–H groups in total. The summed E-state index contributed by atoms with van der Waals surface area (Å²) in [5, 5.41) is 0.304. The number of carbonyl (C=O) groups is 1. The van der Waals surface area contributed by atoms with Gasteiger partial charge >= 0.3 is 0 Å². The molecule has 1 saturated heterocycles. The summed E-state index contributed by atoms with van der Waals surface area (Å²) in [4.78, 5) is 17.4. The van der Waals surface area contributed by atoms with Crippen molar-refractivity contribution in [3.63, 3.8) is 0 Å². The number of benzene rings is 3. The van der Waals surface area contributed by atoms with E-state index < -0.39 is 10.0 Å². The van der Waals surface area contributed by atoms with E-state index >= 15 is 0 Å². The summed E-state index contributed by atoms with van der Waals surface area (Å²) in [7, 11) is -3.89. The zero-order valence-corrected chi connectivity index (χ0v) is 20.6. The summed E-state index contributed by atoms with van der Waals surface area (Å²) >= 11 is 6.09. The molecule has 0 saturated carbocycles. The van der Waals surface area contributed by atoms with Crippen LogP contribution in [0.25, 0.3) is 0 Å². The second-order valence-corrected chi connectivity index (χ2v) is 10.6. The lowest BCUT2D eigenvalue weighted by atomic mass is 10.1. The van der Waals surface area contributed by atoms with Crippen LogP contribution < -0.4 is 4.72 Å². The van der Waals surface area contributed by atoms with Crippen molar-refractivity contribution in [3.8, 4) is 0 Å². The summed E-state index contributed by atoms with van der Waals surface area (Å²) in [5.41, 5.74) is 3.15. The first-order valence-corrected chi connectivity index (χ1v) is 13.1. The molecule has 178 valence electrons. The zero-order valence-electron chi connectivity index (χ0n) is 19.1. The quantitative estimate of drug-likeness (QED) is 0.531. The molecule has 0 aromatic heterocycles. The highest BCUT2D eigenvalue weighted by Crippen LogP contribution is 2.24. The van der Waals surface area contributed by atoms with Crippen LogP contribution in [-0.2, 0) is 16.6 Å². The maximum Gasteiger partial charge on any atom is 0.261 e. The first-order chi connectivity index (χ1) is 16.3. The van der Waals surface area contributed by atoms with Crippen molar-refractivity contribution in [1.82, 2.24) is 9.80 Å². The van der Waals surface area contributed by atoms with E-state index in [0.717, 1.165) is 26.1 Å². The van der Waals surface area contributed by atoms with Crippen molar-refractivity contribution in [2.24, 2.45) is 0 Å². The first-order valence-electron chi connectivity index (χ1n) is 11.3. The Labute approximate surface area is 206 Å². The minimum atomic E-state index is -3.89. The fraction of sp³-hybridized carbons (Fsp3) is 0.269. The fourth-order valence-corrected chi connectivity index (χ4v) is 5.37. The zero-order chi connectivity index (χ0) is 24.1. The molecular weight excluding hydrogens is 470 g/mol. The minimum Gasteiger partial charge on any atom is -0.337 e. The summed E-state index contributed by atoms with van der Waals surface area (Å²) in [5.74, 6) is -0.160. The number of carbonyl (C=O) groups excluding carboxylic acids is 1. The Morgan fingerprint density at radius 1 is 0.941 bits per heavy atom. The van der Waals surface area contributed by atoms with Gasteiger partial charge < -0.3 is 4.90 Å². The van der Waals surface area contributed by atoms with Crippen LogP contribution in [0.15, 0.2) is 77.7 Å². The van der Waals surface area contributed by atoms with Gasteiger partial charge in [-0.2, -0.15) is 0 Å². The molecule has 8 heteroatoms. The number of sulfonamides is 1. The third-order valence-corrected chi connectivity index (χ3v) is 7.60. The number of nitrogens with one attached hydrogen (secondary N) is 1. The average molecular weight is 498 g/mol. The predicted octanol–water partition coefficient (Wildman–Crippen LogP) is 4.80. The molecule has 3 aromatic rings. The number of halogens is 1. The lowest BCUT2D eigenvalue weighted by Crippen LogP contribution is -2.35. The minimum absolute atomic E-state index is 0.0223. The van der Waals surface area contributed by atoms with Crippen molar-refractivity contribution in [1.29, 1.82) is 0 Å². The van der Waals surface area contributed by atoms with E-state index in [4.69, 9.17) is 11.6 Å². The van der Waals surface area contributed by atoms with Crippen LogP contribution in [0.2, 0.25) is 5.02 Å². The van der Waals surface area contributed by atoms with Gasteiger partial charge in [0.15, 0.2) is 0 Å². The highest BCUT2D eigenvalue weighted by Gasteiger charge is 2.23. The van der Waals surface area contributed by atoms with Gasteiger partial charge in [0.1, 0.15) is 0 Å². The number of amides is 1. The molecule has 3 aromatic carbocycles. The Kier molecular flexibility index (Phi) is 7.56. The van der Waals surface area contributed by atoms with E-state index in [1.165, 1.54) is 23.3 Å². The summed E-state index contributed by atoms with van der Waals surface area (Å²) in [6.07, 6.45) is 0.865. The van der Waals surface area contributed by atoms with Gasteiger partial charge in [0, 0.05) is 38.3 Å². The van der Waals surface area contributed by atoms with Crippen molar-refractivity contribution in [2.75, 3.05) is 30.9 Å². The second-order valence-electron chi connectivity index (χ2n) is 8.52. The lowest BCUT2D eigenvalue weighted by Gasteiger charge is -2.22. The van der Waals surface area contributed by atoms with Crippen LogP contribution in [0.3, 0.4) is 0 Å². The highest BCUT2D eigenvalue weighted by molar-refractivity contribution is 7.92. The van der Waals surface area contributed by atoms with Crippen LogP contribution >= 0.6 is 11.6 Å². The number of hydrogen-bond donors (Lipinski definition) is 1. The molecule has 1 aliphatic heterocycles. The Hall–Kier alpha value is -2.87. The van der Waals surface area contributed by atoms with Gasteiger partial charge in [-0.3, -0.25) is 14.4 Å². The van der Waals surface area contributed by atoms with Crippen LogP contribution in [0.4, 0.5) is 5.69 Å². The largest absolute Gasteiger partial charge is 0.337 e. The van der Waals surface area contributed by atoms with Crippen molar-refractivity contribution >= 4 is 33.2 Å². The van der Waals surface area contributed by atoms with E-state index in [1.807, 2.05) is 4.90 Å². The van der Waals surface area contributed by atoms with E-state index in [1.54, 1.807) is 36.4 Å². The molecule has 1 aliphatic rings. The van der Waals surface area contributed by atoms with Crippen LogP contribution in [0, 0.1) is 6.92 Å². The molecular formula is C26H28ClN3O3S. The molecule has 1 fully saturated rings. The number of rotatable bonds is 6. The molecule has 0 aliphatic carbocycles. The average Bonchev–Trinajstić information content (AvgIpc) is 3.07.